The Hall–Kier alpha value is -1.24. The Bertz CT molecular complexity index is 408. The second kappa shape index (κ2) is 4.32. The van der Waals surface area contributed by atoms with Crippen LogP contribution in [0.2, 0.25) is 0 Å². The maximum absolute atomic E-state index is 5.35. The Morgan fingerprint density at radius 2 is 1.81 bits per heavy atom. The van der Waals surface area contributed by atoms with Crippen molar-refractivity contribution in [3.63, 3.8) is 0 Å². The van der Waals surface area contributed by atoms with Gasteiger partial charge in [-0.1, -0.05) is 32.9 Å². The highest BCUT2D eigenvalue weighted by atomic mass is 16.5. The summed E-state index contributed by atoms with van der Waals surface area (Å²) in [5, 5.41) is 0. The molecular formula is C15H22O. The van der Waals surface area contributed by atoms with E-state index in [1.54, 1.807) is 7.11 Å². The molecule has 0 aromatic heterocycles. The second-order valence-electron chi connectivity index (χ2n) is 5.38. The largest absolute Gasteiger partial charge is 0.497 e. The van der Waals surface area contributed by atoms with E-state index in [1.165, 1.54) is 16.7 Å². The lowest BCUT2D eigenvalue weighted by atomic mass is 9.81. The fraction of sp³-hybridized carbons (Fsp3) is 0.467. The van der Waals surface area contributed by atoms with Crippen molar-refractivity contribution in [3.05, 3.63) is 35.4 Å². The minimum absolute atomic E-state index is 0.128. The summed E-state index contributed by atoms with van der Waals surface area (Å²) in [6.45, 7) is 14.9. The van der Waals surface area contributed by atoms with E-state index in [0.717, 1.165) is 11.3 Å². The summed E-state index contributed by atoms with van der Waals surface area (Å²) in [6.07, 6.45) is 0. The minimum atomic E-state index is 0.128. The first-order valence-electron chi connectivity index (χ1n) is 5.62. The SMILES string of the molecule is C=C(C)c1cc(OC)cc(C(C)(C)C)c1C. The number of methoxy groups -OCH3 is 1. The van der Waals surface area contributed by atoms with E-state index < -0.39 is 0 Å². The van der Waals surface area contributed by atoms with Gasteiger partial charge in [0.25, 0.3) is 0 Å². The van der Waals surface area contributed by atoms with Crippen molar-refractivity contribution in [1.82, 2.24) is 0 Å². The standard InChI is InChI=1S/C15H22O/c1-10(2)13-8-12(16-7)9-14(11(13)3)15(4,5)6/h8-9H,1H2,2-7H3. The van der Waals surface area contributed by atoms with Crippen molar-refractivity contribution in [3.8, 4) is 5.75 Å². The Morgan fingerprint density at radius 1 is 1.25 bits per heavy atom. The molecule has 0 fully saturated rings. The van der Waals surface area contributed by atoms with E-state index in [0.29, 0.717) is 0 Å². The molecule has 88 valence electrons. The van der Waals surface area contributed by atoms with Gasteiger partial charge in [-0.3, -0.25) is 0 Å². The van der Waals surface area contributed by atoms with E-state index in [9.17, 15) is 0 Å². The Morgan fingerprint density at radius 3 is 2.19 bits per heavy atom. The smallest absolute Gasteiger partial charge is 0.119 e. The van der Waals surface area contributed by atoms with Crippen molar-refractivity contribution >= 4 is 5.57 Å². The van der Waals surface area contributed by atoms with Gasteiger partial charge in [0.1, 0.15) is 5.75 Å². The number of hydrogen-bond acceptors (Lipinski definition) is 1. The molecule has 1 aromatic rings. The van der Waals surface area contributed by atoms with Crippen LogP contribution in [0.5, 0.6) is 5.75 Å². The van der Waals surface area contributed by atoms with Crippen molar-refractivity contribution in [2.24, 2.45) is 0 Å². The van der Waals surface area contributed by atoms with Gasteiger partial charge in [-0.15, -0.1) is 0 Å². The summed E-state index contributed by atoms with van der Waals surface area (Å²) in [5.74, 6) is 0.911. The van der Waals surface area contributed by atoms with Gasteiger partial charge >= 0.3 is 0 Å². The molecule has 1 nitrogen and oxygen atoms in total. The highest BCUT2D eigenvalue weighted by Crippen LogP contribution is 2.33. The third kappa shape index (κ3) is 2.46. The van der Waals surface area contributed by atoms with Crippen LogP contribution in [-0.4, -0.2) is 7.11 Å². The maximum Gasteiger partial charge on any atom is 0.119 e. The van der Waals surface area contributed by atoms with Crippen molar-refractivity contribution in [2.75, 3.05) is 7.11 Å². The third-order valence-electron chi connectivity index (χ3n) is 2.88. The normalized spacial score (nSPS) is 11.4. The fourth-order valence-electron chi connectivity index (χ4n) is 2.03. The molecule has 0 unspecified atom stereocenters. The fourth-order valence-corrected chi connectivity index (χ4v) is 2.03. The zero-order chi connectivity index (χ0) is 12.5. The summed E-state index contributed by atoms with van der Waals surface area (Å²) in [6, 6.07) is 4.19. The van der Waals surface area contributed by atoms with Crippen LogP contribution in [-0.2, 0) is 5.41 Å². The van der Waals surface area contributed by atoms with E-state index in [4.69, 9.17) is 4.74 Å². The van der Waals surface area contributed by atoms with E-state index in [-0.39, 0.29) is 5.41 Å². The Kier molecular flexibility index (Phi) is 3.47. The Balaban J connectivity index is 3.50. The molecule has 0 atom stereocenters. The molecular weight excluding hydrogens is 196 g/mol. The Labute approximate surface area is 99.1 Å². The lowest BCUT2D eigenvalue weighted by Crippen LogP contribution is -2.14. The lowest BCUT2D eigenvalue weighted by molar-refractivity contribution is 0.412. The first-order valence-corrected chi connectivity index (χ1v) is 5.62. The highest BCUT2D eigenvalue weighted by molar-refractivity contribution is 5.68. The second-order valence-corrected chi connectivity index (χ2v) is 5.38. The number of benzene rings is 1. The monoisotopic (exact) mass is 218 g/mol. The van der Waals surface area contributed by atoms with Gasteiger partial charge in [-0.2, -0.15) is 0 Å². The van der Waals surface area contributed by atoms with Crippen molar-refractivity contribution in [1.29, 1.82) is 0 Å². The predicted octanol–water partition coefficient (Wildman–Crippen LogP) is 4.33. The van der Waals surface area contributed by atoms with Gasteiger partial charge in [-0.25, -0.2) is 0 Å². The average Bonchev–Trinajstić information content (AvgIpc) is 2.15. The number of ether oxygens (including phenoxy) is 1. The van der Waals surface area contributed by atoms with Crippen LogP contribution in [0.15, 0.2) is 18.7 Å². The summed E-state index contributed by atoms with van der Waals surface area (Å²) in [4.78, 5) is 0. The van der Waals surface area contributed by atoms with Crippen molar-refractivity contribution in [2.45, 2.75) is 40.0 Å². The quantitative estimate of drug-likeness (QED) is 0.717. The third-order valence-corrected chi connectivity index (χ3v) is 2.88. The molecule has 0 heterocycles. The minimum Gasteiger partial charge on any atom is -0.497 e. The van der Waals surface area contributed by atoms with Gasteiger partial charge in [-0.05, 0) is 48.1 Å². The highest BCUT2D eigenvalue weighted by Gasteiger charge is 2.19. The van der Waals surface area contributed by atoms with Crippen LogP contribution in [0.4, 0.5) is 0 Å². The molecule has 0 N–H and O–H groups in total. The maximum atomic E-state index is 5.35. The van der Waals surface area contributed by atoms with Gasteiger partial charge in [0, 0.05) is 0 Å². The lowest BCUT2D eigenvalue weighted by Gasteiger charge is -2.24. The molecule has 0 saturated heterocycles. The molecule has 0 saturated carbocycles. The molecule has 16 heavy (non-hydrogen) atoms. The number of rotatable bonds is 2. The van der Waals surface area contributed by atoms with E-state index in [1.807, 2.05) is 6.92 Å². The molecule has 1 aromatic carbocycles. The molecule has 0 aliphatic carbocycles. The first kappa shape index (κ1) is 12.8. The molecule has 0 bridgehead atoms. The van der Waals surface area contributed by atoms with Gasteiger partial charge in [0.15, 0.2) is 0 Å². The zero-order valence-electron chi connectivity index (χ0n) is 11.3. The van der Waals surface area contributed by atoms with Crippen molar-refractivity contribution < 1.29 is 4.74 Å². The molecule has 1 rings (SSSR count). The van der Waals surface area contributed by atoms with E-state index in [2.05, 4.69) is 46.4 Å². The van der Waals surface area contributed by atoms with Gasteiger partial charge < -0.3 is 4.74 Å². The molecule has 0 radical (unpaired) electrons. The average molecular weight is 218 g/mol. The van der Waals surface area contributed by atoms with Crippen LogP contribution < -0.4 is 4.74 Å². The van der Waals surface area contributed by atoms with Crippen LogP contribution in [0, 0.1) is 6.92 Å². The topological polar surface area (TPSA) is 9.23 Å². The zero-order valence-corrected chi connectivity index (χ0v) is 11.3. The van der Waals surface area contributed by atoms with Crippen LogP contribution in [0.25, 0.3) is 5.57 Å². The summed E-state index contributed by atoms with van der Waals surface area (Å²) >= 11 is 0. The predicted molar refractivity (Wildman–Crippen MR) is 71.1 cm³/mol. The van der Waals surface area contributed by atoms with Gasteiger partial charge in [0.2, 0.25) is 0 Å². The molecule has 0 aliphatic heterocycles. The summed E-state index contributed by atoms with van der Waals surface area (Å²) in [7, 11) is 1.71. The molecule has 0 amide bonds. The van der Waals surface area contributed by atoms with Crippen LogP contribution >= 0.6 is 0 Å². The molecule has 1 heteroatoms. The van der Waals surface area contributed by atoms with Crippen LogP contribution in [0.3, 0.4) is 0 Å². The summed E-state index contributed by atoms with van der Waals surface area (Å²) < 4.78 is 5.35. The number of hydrogen-bond donors (Lipinski definition) is 0. The van der Waals surface area contributed by atoms with Crippen LogP contribution in [0.1, 0.15) is 44.4 Å². The first-order chi connectivity index (χ1) is 7.27. The number of allylic oxidation sites excluding steroid dienone is 1. The summed E-state index contributed by atoms with van der Waals surface area (Å²) in [5.41, 5.74) is 5.04. The molecule has 0 aliphatic rings. The molecule has 0 spiro atoms. The van der Waals surface area contributed by atoms with E-state index >= 15 is 0 Å². The van der Waals surface area contributed by atoms with Gasteiger partial charge in [0.05, 0.1) is 7.11 Å².